The number of hydrogen-bond donors (Lipinski definition) is 0. The van der Waals surface area contributed by atoms with E-state index in [9.17, 15) is 0 Å². The molecule has 0 fully saturated rings. The second-order valence-corrected chi connectivity index (χ2v) is 17.5. The summed E-state index contributed by atoms with van der Waals surface area (Å²) in [5.74, 6) is 0. The average Bonchev–Trinajstić information content (AvgIpc) is 3.83. The van der Waals surface area contributed by atoms with E-state index in [4.69, 9.17) is 0 Å². The summed E-state index contributed by atoms with van der Waals surface area (Å²) in [5.41, 5.74) is 23.3. The fraction of sp³-hybridized carbons (Fsp3) is 0.0476. The van der Waals surface area contributed by atoms with Gasteiger partial charge in [0.05, 0.1) is 11.0 Å². The zero-order chi connectivity index (χ0) is 42.8. The molecular formula is C63H45N. The molecule has 1 nitrogen and oxygen atoms in total. The molecule has 0 unspecified atom stereocenters. The van der Waals surface area contributed by atoms with E-state index in [2.05, 4.69) is 255 Å². The molecule has 1 heterocycles. The molecular weight excluding hydrogens is 771 g/mol. The van der Waals surface area contributed by atoms with Crippen LogP contribution in [-0.4, -0.2) is 4.57 Å². The Morgan fingerprint density at radius 3 is 1.36 bits per heavy atom. The van der Waals surface area contributed by atoms with Gasteiger partial charge >= 0.3 is 0 Å². The van der Waals surface area contributed by atoms with Crippen LogP contribution in [0.5, 0.6) is 0 Å². The van der Waals surface area contributed by atoms with Crippen molar-refractivity contribution in [2.75, 3.05) is 0 Å². The molecule has 302 valence electrons. The summed E-state index contributed by atoms with van der Waals surface area (Å²) in [6, 6.07) is 87.2. The average molecular weight is 816 g/mol. The highest BCUT2D eigenvalue weighted by Crippen LogP contribution is 2.56. The number of aromatic nitrogens is 1. The third-order valence-corrected chi connectivity index (χ3v) is 13.6. The molecule has 1 aliphatic rings. The molecule has 11 aromatic rings. The molecule has 12 rings (SSSR count). The third-order valence-electron chi connectivity index (χ3n) is 13.6. The van der Waals surface area contributed by atoms with Gasteiger partial charge in [-0.05, 0) is 85.0 Å². The fourth-order valence-corrected chi connectivity index (χ4v) is 10.9. The van der Waals surface area contributed by atoms with E-state index < -0.39 is 0 Å². The highest BCUT2D eigenvalue weighted by molar-refractivity contribution is 6.28. The predicted molar refractivity (Wildman–Crippen MR) is 271 cm³/mol. The van der Waals surface area contributed by atoms with Gasteiger partial charge < -0.3 is 4.57 Å². The van der Waals surface area contributed by atoms with Crippen LogP contribution in [0.4, 0.5) is 0 Å². The van der Waals surface area contributed by atoms with Crippen LogP contribution in [0.1, 0.15) is 25.0 Å². The number of rotatable bonds is 7. The molecule has 0 atom stereocenters. The van der Waals surface area contributed by atoms with Gasteiger partial charge in [0.1, 0.15) is 0 Å². The summed E-state index contributed by atoms with van der Waals surface area (Å²) in [6.07, 6.45) is 0. The molecule has 1 heteroatoms. The first-order chi connectivity index (χ1) is 31.6. The monoisotopic (exact) mass is 815 g/mol. The van der Waals surface area contributed by atoms with Gasteiger partial charge in [-0.3, -0.25) is 0 Å². The lowest BCUT2D eigenvalue weighted by molar-refractivity contribution is 0.662. The molecule has 1 aromatic heterocycles. The Bertz CT molecular complexity index is 3530. The number of para-hydroxylation sites is 2. The number of benzene rings is 10. The van der Waals surface area contributed by atoms with Crippen molar-refractivity contribution in [2.45, 2.75) is 19.3 Å². The van der Waals surface area contributed by atoms with Crippen LogP contribution in [0.2, 0.25) is 0 Å². The Morgan fingerprint density at radius 1 is 0.312 bits per heavy atom. The smallest absolute Gasteiger partial charge is 0.0632 e. The predicted octanol–water partition coefficient (Wildman–Crippen LogP) is 17.1. The third kappa shape index (κ3) is 5.85. The molecule has 0 radical (unpaired) electrons. The van der Waals surface area contributed by atoms with Crippen molar-refractivity contribution >= 4 is 21.8 Å². The Kier molecular flexibility index (Phi) is 8.91. The summed E-state index contributed by atoms with van der Waals surface area (Å²) < 4.78 is 2.57. The van der Waals surface area contributed by atoms with Gasteiger partial charge in [-0.1, -0.05) is 232 Å². The summed E-state index contributed by atoms with van der Waals surface area (Å²) in [5, 5.41) is 2.45. The molecule has 10 aromatic carbocycles. The summed E-state index contributed by atoms with van der Waals surface area (Å²) in [4.78, 5) is 0. The van der Waals surface area contributed by atoms with Gasteiger partial charge in [0, 0.05) is 44.1 Å². The van der Waals surface area contributed by atoms with Crippen molar-refractivity contribution in [3.8, 4) is 83.6 Å². The molecule has 0 saturated heterocycles. The second-order valence-electron chi connectivity index (χ2n) is 17.5. The van der Waals surface area contributed by atoms with Gasteiger partial charge in [0.25, 0.3) is 0 Å². The first-order valence-corrected chi connectivity index (χ1v) is 22.4. The highest BCUT2D eigenvalue weighted by Gasteiger charge is 2.37. The Balaban J connectivity index is 1.25. The van der Waals surface area contributed by atoms with Crippen molar-refractivity contribution < 1.29 is 0 Å². The van der Waals surface area contributed by atoms with Crippen LogP contribution in [0, 0.1) is 0 Å². The molecule has 0 amide bonds. The summed E-state index contributed by atoms with van der Waals surface area (Å²) >= 11 is 0. The zero-order valence-electron chi connectivity index (χ0n) is 36.0. The van der Waals surface area contributed by atoms with E-state index in [1.807, 2.05) is 0 Å². The van der Waals surface area contributed by atoms with Crippen LogP contribution in [0.15, 0.2) is 237 Å². The van der Waals surface area contributed by atoms with Crippen LogP contribution in [-0.2, 0) is 5.41 Å². The SMILES string of the molecule is CC1(C)c2ccccc2-c2cccc(-c3cccc(-c4cccc5c6c(-c7ccccc7)c(-c7ccccc7)c(-c7ccccc7)c(-c7ccccc7)c6n(-c6ccccc6)c45)c3)c21. The van der Waals surface area contributed by atoms with Crippen molar-refractivity contribution in [1.82, 2.24) is 4.57 Å². The van der Waals surface area contributed by atoms with E-state index >= 15 is 0 Å². The van der Waals surface area contributed by atoms with Crippen LogP contribution in [0.25, 0.3) is 105 Å². The second kappa shape index (κ2) is 15.1. The summed E-state index contributed by atoms with van der Waals surface area (Å²) in [7, 11) is 0. The van der Waals surface area contributed by atoms with E-state index in [1.54, 1.807) is 0 Å². The van der Waals surface area contributed by atoms with E-state index in [0.29, 0.717) is 0 Å². The van der Waals surface area contributed by atoms with Gasteiger partial charge in [-0.2, -0.15) is 0 Å². The van der Waals surface area contributed by atoms with Gasteiger partial charge in [0.2, 0.25) is 0 Å². The van der Waals surface area contributed by atoms with E-state index in [1.165, 1.54) is 111 Å². The molecule has 0 bridgehead atoms. The first kappa shape index (κ1) is 37.7. The Hall–Kier alpha value is -8.00. The maximum Gasteiger partial charge on any atom is 0.0632 e. The summed E-state index contributed by atoms with van der Waals surface area (Å²) in [6.45, 7) is 4.76. The van der Waals surface area contributed by atoms with Crippen LogP contribution < -0.4 is 0 Å². The van der Waals surface area contributed by atoms with E-state index in [0.717, 1.165) is 5.69 Å². The first-order valence-electron chi connectivity index (χ1n) is 22.4. The quantitative estimate of drug-likeness (QED) is 0.151. The maximum atomic E-state index is 2.57. The van der Waals surface area contributed by atoms with Gasteiger partial charge in [-0.15, -0.1) is 0 Å². The van der Waals surface area contributed by atoms with Crippen molar-refractivity contribution in [3.63, 3.8) is 0 Å². The minimum atomic E-state index is -0.132. The lowest BCUT2D eigenvalue weighted by atomic mass is 9.78. The van der Waals surface area contributed by atoms with E-state index in [-0.39, 0.29) is 5.41 Å². The Labute approximate surface area is 375 Å². The normalized spacial score (nSPS) is 12.7. The fourth-order valence-electron chi connectivity index (χ4n) is 10.9. The molecule has 64 heavy (non-hydrogen) atoms. The van der Waals surface area contributed by atoms with Crippen molar-refractivity contribution in [3.05, 3.63) is 248 Å². The lowest BCUT2D eigenvalue weighted by Crippen LogP contribution is -2.16. The zero-order valence-corrected chi connectivity index (χ0v) is 36.0. The molecule has 1 aliphatic carbocycles. The number of nitrogens with zero attached hydrogens (tertiary/aromatic N) is 1. The Morgan fingerprint density at radius 2 is 0.734 bits per heavy atom. The number of hydrogen-bond acceptors (Lipinski definition) is 0. The molecule has 0 saturated carbocycles. The molecule has 0 N–H and O–H groups in total. The maximum absolute atomic E-state index is 2.57. The van der Waals surface area contributed by atoms with Crippen LogP contribution >= 0.6 is 0 Å². The molecule has 0 aliphatic heterocycles. The van der Waals surface area contributed by atoms with Crippen LogP contribution in [0.3, 0.4) is 0 Å². The van der Waals surface area contributed by atoms with Gasteiger partial charge in [0.15, 0.2) is 0 Å². The lowest BCUT2D eigenvalue weighted by Gasteiger charge is -2.24. The standard InChI is InChI=1S/C63H45N/c1-63(2)54-40-19-18-35-51(54)52-38-21-36-49(60(52)63)46-31-20-32-47(41-46)50-37-22-39-53-59-57(44-27-12-5-13-28-44)55(42-23-8-3-9-24-42)56(43-25-10-4-11-26-43)58(45-29-14-6-15-30-45)62(59)64(61(50)53)48-33-16-7-17-34-48/h3-41H,1-2H3. The number of fused-ring (bicyclic) bond motifs is 6. The highest BCUT2D eigenvalue weighted by atomic mass is 15.0. The topological polar surface area (TPSA) is 4.93 Å². The van der Waals surface area contributed by atoms with Gasteiger partial charge in [-0.25, -0.2) is 0 Å². The minimum absolute atomic E-state index is 0.132. The minimum Gasteiger partial charge on any atom is -0.308 e. The van der Waals surface area contributed by atoms with Crippen molar-refractivity contribution in [2.24, 2.45) is 0 Å². The largest absolute Gasteiger partial charge is 0.308 e. The van der Waals surface area contributed by atoms with Crippen molar-refractivity contribution in [1.29, 1.82) is 0 Å². The molecule has 0 spiro atoms.